The van der Waals surface area contributed by atoms with Crippen molar-refractivity contribution in [1.82, 2.24) is 0 Å². The van der Waals surface area contributed by atoms with Gasteiger partial charge in [0.25, 0.3) is 0 Å². The number of likely N-dealkylation sites (N-methyl/N-ethyl adjacent to an activating group) is 1. The van der Waals surface area contributed by atoms with E-state index in [1.54, 1.807) is 0 Å². The standard InChI is InChI=1S/C51H96NO8P/c1-6-8-10-12-14-16-18-20-22-23-24-25-26-27-28-29-30-32-33-35-37-39-41-43-50(53)57-47-49(48-59-61(55,56)58-46-45-52(3,4)5)60-51(54)44-42-40-38-36-34-31-21-19-17-15-13-11-9-7-2/h13,15,19,21,23-24,49H,6-12,14,16-18,20,22,25-48H2,1-5H3/p+1/b15-13-,21-19-,24-23-. The number of hydrogen-bond acceptors (Lipinski definition) is 7. The molecule has 0 fully saturated rings. The summed E-state index contributed by atoms with van der Waals surface area (Å²) < 4.78 is 34.4. The molecule has 0 aromatic heterocycles. The highest BCUT2D eigenvalue weighted by molar-refractivity contribution is 7.47. The predicted molar refractivity (Wildman–Crippen MR) is 257 cm³/mol. The van der Waals surface area contributed by atoms with Gasteiger partial charge in [-0.3, -0.25) is 18.6 Å². The average Bonchev–Trinajstić information content (AvgIpc) is 3.21. The highest BCUT2D eigenvalue weighted by Crippen LogP contribution is 2.43. The van der Waals surface area contributed by atoms with Crippen molar-refractivity contribution >= 4 is 19.8 Å². The molecule has 0 aromatic carbocycles. The largest absolute Gasteiger partial charge is 0.472 e. The van der Waals surface area contributed by atoms with Crippen LogP contribution in [0.2, 0.25) is 0 Å². The van der Waals surface area contributed by atoms with E-state index in [0.717, 1.165) is 64.2 Å². The van der Waals surface area contributed by atoms with Gasteiger partial charge in [-0.15, -0.1) is 0 Å². The van der Waals surface area contributed by atoms with E-state index in [2.05, 4.69) is 50.3 Å². The summed E-state index contributed by atoms with van der Waals surface area (Å²) in [6.45, 7) is 4.38. The van der Waals surface area contributed by atoms with E-state index in [-0.39, 0.29) is 32.0 Å². The van der Waals surface area contributed by atoms with Gasteiger partial charge in [0.2, 0.25) is 0 Å². The quantitative estimate of drug-likeness (QED) is 0.0212. The van der Waals surface area contributed by atoms with Gasteiger partial charge in [-0.25, -0.2) is 4.57 Å². The van der Waals surface area contributed by atoms with Gasteiger partial charge >= 0.3 is 19.8 Å². The number of rotatable bonds is 46. The van der Waals surface area contributed by atoms with Gasteiger partial charge in [0.1, 0.15) is 19.8 Å². The molecule has 1 N–H and O–H groups in total. The predicted octanol–water partition coefficient (Wildman–Crippen LogP) is 14.9. The van der Waals surface area contributed by atoms with E-state index in [0.29, 0.717) is 17.4 Å². The highest BCUT2D eigenvalue weighted by atomic mass is 31.2. The lowest BCUT2D eigenvalue weighted by Crippen LogP contribution is -2.37. The lowest BCUT2D eigenvalue weighted by atomic mass is 10.0. The first-order valence-corrected chi connectivity index (χ1v) is 26.7. The van der Waals surface area contributed by atoms with Crippen molar-refractivity contribution in [2.45, 2.75) is 232 Å². The number of carbonyl (C=O) groups excluding carboxylic acids is 2. The van der Waals surface area contributed by atoms with Gasteiger partial charge in [0.05, 0.1) is 27.7 Å². The molecule has 10 heteroatoms. The second-order valence-corrected chi connectivity index (χ2v) is 19.6. The molecule has 0 radical (unpaired) electrons. The Morgan fingerprint density at radius 2 is 0.902 bits per heavy atom. The van der Waals surface area contributed by atoms with E-state index in [1.807, 2.05) is 21.1 Å². The van der Waals surface area contributed by atoms with Crippen molar-refractivity contribution < 1.29 is 42.1 Å². The molecule has 0 aliphatic carbocycles. The van der Waals surface area contributed by atoms with Crippen LogP contribution in [0.15, 0.2) is 36.5 Å². The molecule has 0 saturated heterocycles. The normalized spacial score (nSPS) is 13.7. The monoisotopic (exact) mass is 883 g/mol. The summed E-state index contributed by atoms with van der Waals surface area (Å²) in [5.41, 5.74) is 0. The summed E-state index contributed by atoms with van der Waals surface area (Å²) in [6.07, 6.45) is 50.6. The van der Waals surface area contributed by atoms with Crippen LogP contribution < -0.4 is 0 Å². The van der Waals surface area contributed by atoms with Gasteiger partial charge in [-0.1, -0.05) is 185 Å². The number of nitrogens with zero attached hydrogens (tertiary/aromatic N) is 1. The number of hydrogen-bond donors (Lipinski definition) is 1. The van der Waals surface area contributed by atoms with E-state index < -0.39 is 26.5 Å². The van der Waals surface area contributed by atoms with Crippen LogP contribution in [0.5, 0.6) is 0 Å². The number of allylic oxidation sites excluding steroid dienone is 6. The molecular weight excluding hydrogens is 786 g/mol. The Bertz CT molecular complexity index is 1130. The van der Waals surface area contributed by atoms with Crippen LogP contribution in [-0.4, -0.2) is 74.9 Å². The molecule has 0 amide bonds. The summed E-state index contributed by atoms with van der Waals surface area (Å²) in [5.74, 6) is -0.810. The Labute approximate surface area is 376 Å². The molecule has 0 saturated carbocycles. The van der Waals surface area contributed by atoms with Crippen LogP contribution in [0.4, 0.5) is 0 Å². The Morgan fingerprint density at radius 1 is 0.508 bits per heavy atom. The number of ether oxygens (including phenoxy) is 2. The zero-order valence-electron chi connectivity index (χ0n) is 40.4. The Hall–Kier alpha value is -1.77. The maximum atomic E-state index is 12.7. The first kappa shape index (κ1) is 59.2. The van der Waals surface area contributed by atoms with Gasteiger partial charge in [-0.2, -0.15) is 0 Å². The summed E-state index contributed by atoms with van der Waals surface area (Å²) in [7, 11) is 1.47. The lowest BCUT2D eigenvalue weighted by molar-refractivity contribution is -0.870. The average molecular weight is 883 g/mol. The Balaban J connectivity index is 4.20. The minimum absolute atomic E-state index is 0.0290. The Kier molecular flexibility index (Phi) is 42.2. The van der Waals surface area contributed by atoms with Crippen LogP contribution >= 0.6 is 7.82 Å². The van der Waals surface area contributed by atoms with E-state index in [9.17, 15) is 19.0 Å². The van der Waals surface area contributed by atoms with Gasteiger partial charge in [0.15, 0.2) is 6.10 Å². The zero-order valence-corrected chi connectivity index (χ0v) is 41.3. The van der Waals surface area contributed by atoms with Crippen LogP contribution in [0.25, 0.3) is 0 Å². The topological polar surface area (TPSA) is 108 Å². The minimum atomic E-state index is -4.38. The van der Waals surface area contributed by atoms with Crippen molar-refractivity contribution in [2.75, 3.05) is 47.5 Å². The molecule has 358 valence electrons. The molecule has 9 nitrogen and oxygen atoms in total. The minimum Gasteiger partial charge on any atom is -0.462 e. The van der Waals surface area contributed by atoms with Crippen molar-refractivity contribution in [3.8, 4) is 0 Å². The molecule has 0 aliphatic rings. The van der Waals surface area contributed by atoms with Crippen LogP contribution in [0.1, 0.15) is 226 Å². The molecule has 0 bridgehead atoms. The number of phosphoric acid groups is 1. The van der Waals surface area contributed by atoms with Crippen molar-refractivity contribution in [1.29, 1.82) is 0 Å². The maximum Gasteiger partial charge on any atom is 0.472 e. The SMILES string of the molecule is CCCC/C=C\C/C=C\CCCCCCCC(=O)OC(COC(=O)CCCCCCCCCCCCC/C=C\CCCCCCCCCC)COP(=O)(O)OCC[N+](C)(C)C. The highest BCUT2D eigenvalue weighted by Gasteiger charge is 2.27. The number of unbranched alkanes of at least 4 members (excludes halogenated alkanes) is 26. The summed E-state index contributed by atoms with van der Waals surface area (Å²) in [5, 5.41) is 0. The van der Waals surface area contributed by atoms with Crippen LogP contribution in [-0.2, 0) is 32.7 Å². The first-order valence-electron chi connectivity index (χ1n) is 25.2. The molecule has 2 atom stereocenters. The second-order valence-electron chi connectivity index (χ2n) is 18.2. The molecule has 0 heterocycles. The number of esters is 2. The zero-order chi connectivity index (χ0) is 45.0. The molecule has 2 unspecified atom stereocenters. The van der Waals surface area contributed by atoms with Gasteiger partial charge in [-0.05, 0) is 64.2 Å². The maximum absolute atomic E-state index is 12.7. The fraction of sp³-hybridized carbons (Fsp3) is 0.843. The molecule has 0 spiro atoms. The smallest absolute Gasteiger partial charge is 0.462 e. The molecule has 0 rings (SSSR count). The molecular formula is C51H97NO8P+. The van der Waals surface area contributed by atoms with Gasteiger partial charge in [0, 0.05) is 12.8 Å². The van der Waals surface area contributed by atoms with Crippen molar-refractivity contribution in [3.05, 3.63) is 36.5 Å². The Morgan fingerprint density at radius 3 is 1.36 bits per heavy atom. The first-order chi connectivity index (χ1) is 29.5. The third kappa shape index (κ3) is 47.5. The molecule has 0 aliphatic heterocycles. The number of phosphoric ester groups is 1. The van der Waals surface area contributed by atoms with Crippen LogP contribution in [0, 0.1) is 0 Å². The van der Waals surface area contributed by atoms with Crippen molar-refractivity contribution in [2.24, 2.45) is 0 Å². The summed E-state index contributed by atoms with van der Waals surface area (Å²) >= 11 is 0. The lowest BCUT2D eigenvalue weighted by Gasteiger charge is -2.24. The van der Waals surface area contributed by atoms with Gasteiger partial charge < -0.3 is 18.9 Å². The van der Waals surface area contributed by atoms with E-state index >= 15 is 0 Å². The third-order valence-electron chi connectivity index (χ3n) is 10.9. The second kappa shape index (κ2) is 43.5. The van der Waals surface area contributed by atoms with E-state index in [4.69, 9.17) is 18.5 Å². The fourth-order valence-electron chi connectivity index (χ4n) is 6.91. The summed E-state index contributed by atoms with van der Waals surface area (Å²) in [4.78, 5) is 35.5. The molecule has 61 heavy (non-hydrogen) atoms. The van der Waals surface area contributed by atoms with E-state index in [1.165, 1.54) is 128 Å². The molecule has 0 aromatic rings. The van der Waals surface area contributed by atoms with Crippen molar-refractivity contribution in [3.63, 3.8) is 0 Å². The number of quaternary nitrogens is 1. The summed E-state index contributed by atoms with van der Waals surface area (Å²) in [6, 6.07) is 0. The third-order valence-corrected chi connectivity index (χ3v) is 11.9. The fourth-order valence-corrected chi connectivity index (χ4v) is 7.65. The number of carbonyl (C=O) groups is 2. The van der Waals surface area contributed by atoms with Crippen LogP contribution in [0.3, 0.4) is 0 Å².